The Labute approximate surface area is 115 Å². The molecule has 0 radical (unpaired) electrons. The van der Waals surface area contributed by atoms with Gasteiger partial charge in [-0.2, -0.15) is 9.78 Å². The maximum Gasteiger partial charge on any atom is 0.290 e. The van der Waals surface area contributed by atoms with E-state index in [1.54, 1.807) is 32.2 Å². The van der Waals surface area contributed by atoms with Gasteiger partial charge in [0.05, 0.1) is 25.6 Å². The Bertz CT molecular complexity index is 667. The standard InChI is InChI=1S/C13H13ClN2O3/c1-8-6-10(14)13(17)16(15-8)9-4-5-11(18-2)12(7-9)19-3/h4-7H,1-3H3. The largest absolute Gasteiger partial charge is 0.493 e. The van der Waals surface area contributed by atoms with Crippen molar-refractivity contribution in [1.82, 2.24) is 9.78 Å². The summed E-state index contributed by atoms with van der Waals surface area (Å²) in [6.45, 7) is 1.77. The van der Waals surface area contributed by atoms with Gasteiger partial charge in [0.25, 0.3) is 5.56 Å². The van der Waals surface area contributed by atoms with E-state index < -0.39 is 0 Å². The van der Waals surface area contributed by atoms with Crippen molar-refractivity contribution in [2.45, 2.75) is 6.92 Å². The van der Waals surface area contributed by atoms with Crippen LogP contribution in [0.4, 0.5) is 0 Å². The molecule has 0 unspecified atom stereocenters. The van der Waals surface area contributed by atoms with Gasteiger partial charge in [-0.05, 0) is 25.1 Å². The van der Waals surface area contributed by atoms with Crippen molar-refractivity contribution in [3.63, 3.8) is 0 Å². The Hall–Kier alpha value is -2.01. The fraction of sp³-hybridized carbons (Fsp3) is 0.231. The quantitative estimate of drug-likeness (QED) is 0.865. The van der Waals surface area contributed by atoms with Crippen LogP contribution in [0.1, 0.15) is 5.69 Å². The smallest absolute Gasteiger partial charge is 0.290 e. The summed E-state index contributed by atoms with van der Waals surface area (Å²) in [5.41, 5.74) is 0.840. The van der Waals surface area contributed by atoms with E-state index in [2.05, 4.69) is 5.10 Å². The molecule has 0 fully saturated rings. The SMILES string of the molecule is COc1ccc(-n2nc(C)cc(Cl)c2=O)cc1OC. The van der Waals surface area contributed by atoms with Gasteiger partial charge in [-0.15, -0.1) is 0 Å². The van der Waals surface area contributed by atoms with Crippen LogP contribution in [0.25, 0.3) is 5.69 Å². The number of ether oxygens (including phenoxy) is 2. The molecular formula is C13H13ClN2O3. The molecule has 0 N–H and O–H groups in total. The molecule has 0 amide bonds. The van der Waals surface area contributed by atoms with Crippen molar-refractivity contribution >= 4 is 11.6 Å². The van der Waals surface area contributed by atoms with Crippen molar-refractivity contribution in [2.75, 3.05) is 14.2 Å². The lowest BCUT2D eigenvalue weighted by molar-refractivity contribution is 0.354. The van der Waals surface area contributed by atoms with Crippen LogP contribution in [0.15, 0.2) is 29.1 Å². The first kappa shape index (κ1) is 13.4. The molecule has 0 spiro atoms. The van der Waals surface area contributed by atoms with Gasteiger partial charge < -0.3 is 9.47 Å². The first-order chi connectivity index (χ1) is 9.06. The lowest BCUT2D eigenvalue weighted by Crippen LogP contribution is -2.22. The topological polar surface area (TPSA) is 53.4 Å². The Morgan fingerprint density at radius 2 is 1.84 bits per heavy atom. The van der Waals surface area contributed by atoms with Gasteiger partial charge in [0.1, 0.15) is 5.02 Å². The molecule has 0 saturated heterocycles. The third kappa shape index (κ3) is 2.56. The zero-order valence-corrected chi connectivity index (χ0v) is 11.6. The summed E-state index contributed by atoms with van der Waals surface area (Å²) in [5, 5.41) is 4.29. The third-order valence-corrected chi connectivity index (χ3v) is 2.87. The van der Waals surface area contributed by atoms with Crippen molar-refractivity contribution in [3.8, 4) is 17.2 Å². The van der Waals surface area contributed by atoms with Gasteiger partial charge in [-0.25, -0.2) is 0 Å². The van der Waals surface area contributed by atoms with Crippen LogP contribution in [-0.4, -0.2) is 24.0 Å². The van der Waals surface area contributed by atoms with Crippen molar-refractivity contribution in [3.05, 3.63) is 45.3 Å². The molecule has 1 heterocycles. The van der Waals surface area contributed by atoms with Gasteiger partial charge in [0, 0.05) is 6.07 Å². The lowest BCUT2D eigenvalue weighted by Gasteiger charge is -2.11. The summed E-state index contributed by atoms with van der Waals surface area (Å²) in [6, 6.07) is 6.62. The summed E-state index contributed by atoms with van der Waals surface area (Å²) >= 11 is 5.87. The van der Waals surface area contributed by atoms with Crippen LogP contribution >= 0.6 is 11.6 Å². The van der Waals surface area contributed by atoms with Gasteiger partial charge in [0.2, 0.25) is 0 Å². The minimum Gasteiger partial charge on any atom is -0.493 e. The lowest BCUT2D eigenvalue weighted by atomic mass is 10.2. The van der Waals surface area contributed by atoms with Gasteiger partial charge in [-0.3, -0.25) is 4.79 Å². The molecule has 19 heavy (non-hydrogen) atoms. The van der Waals surface area contributed by atoms with E-state index in [1.165, 1.54) is 17.9 Å². The zero-order chi connectivity index (χ0) is 14.0. The predicted molar refractivity (Wildman–Crippen MR) is 72.7 cm³/mol. The number of aromatic nitrogens is 2. The monoisotopic (exact) mass is 280 g/mol. The van der Waals surface area contributed by atoms with Gasteiger partial charge in [-0.1, -0.05) is 11.6 Å². The molecule has 0 bridgehead atoms. The minimum absolute atomic E-state index is 0.127. The van der Waals surface area contributed by atoms with Crippen LogP contribution in [0.5, 0.6) is 11.5 Å². The zero-order valence-electron chi connectivity index (χ0n) is 10.8. The van der Waals surface area contributed by atoms with Crippen LogP contribution in [0.2, 0.25) is 5.02 Å². The molecule has 0 aliphatic carbocycles. The fourth-order valence-corrected chi connectivity index (χ4v) is 1.95. The van der Waals surface area contributed by atoms with Gasteiger partial charge >= 0.3 is 0 Å². The molecule has 0 saturated carbocycles. The average molecular weight is 281 g/mol. The second-order valence-electron chi connectivity index (χ2n) is 3.89. The second-order valence-corrected chi connectivity index (χ2v) is 4.30. The summed E-state index contributed by atoms with van der Waals surface area (Å²) in [7, 11) is 3.08. The first-order valence-electron chi connectivity index (χ1n) is 5.55. The molecule has 0 atom stereocenters. The van der Waals surface area contributed by atoms with Crippen molar-refractivity contribution < 1.29 is 9.47 Å². The van der Waals surface area contributed by atoms with E-state index in [0.29, 0.717) is 22.9 Å². The Balaban J connectivity index is 2.63. The van der Waals surface area contributed by atoms with Crippen molar-refractivity contribution in [2.24, 2.45) is 0 Å². The molecule has 0 aliphatic rings. The highest BCUT2D eigenvalue weighted by Gasteiger charge is 2.10. The molecular weight excluding hydrogens is 268 g/mol. The highest BCUT2D eigenvalue weighted by atomic mass is 35.5. The average Bonchev–Trinajstić information content (AvgIpc) is 2.42. The molecule has 0 aliphatic heterocycles. The van der Waals surface area contributed by atoms with Gasteiger partial charge in [0.15, 0.2) is 11.5 Å². The molecule has 6 heteroatoms. The second kappa shape index (κ2) is 5.32. The Morgan fingerprint density at radius 3 is 2.47 bits per heavy atom. The fourth-order valence-electron chi connectivity index (χ4n) is 1.71. The summed E-state index contributed by atoms with van der Waals surface area (Å²) in [4.78, 5) is 12.0. The number of hydrogen-bond acceptors (Lipinski definition) is 4. The van der Waals surface area contributed by atoms with Crippen LogP contribution in [0.3, 0.4) is 0 Å². The number of hydrogen-bond donors (Lipinski definition) is 0. The number of halogens is 1. The Kier molecular flexibility index (Phi) is 3.76. The highest BCUT2D eigenvalue weighted by molar-refractivity contribution is 6.30. The maximum atomic E-state index is 12.0. The van der Waals surface area contributed by atoms with E-state index in [0.717, 1.165) is 0 Å². The highest BCUT2D eigenvalue weighted by Crippen LogP contribution is 2.28. The number of nitrogens with zero attached hydrogens (tertiary/aromatic N) is 2. The molecule has 2 aromatic rings. The van der Waals surface area contributed by atoms with E-state index in [9.17, 15) is 4.79 Å². The summed E-state index contributed by atoms with van der Waals surface area (Å²) in [5.74, 6) is 1.10. The van der Waals surface area contributed by atoms with Crippen LogP contribution in [-0.2, 0) is 0 Å². The van der Waals surface area contributed by atoms with E-state index in [4.69, 9.17) is 21.1 Å². The maximum absolute atomic E-state index is 12.0. The van der Waals surface area contributed by atoms with E-state index in [-0.39, 0.29) is 10.6 Å². The number of aryl methyl sites for hydroxylation is 1. The molecule has 100 valence electrons. The van der Waals surface area contributed by atoms with Crippen LogP contribution < -0.4 is 15.0 Å². The van der Waals surface area contributed by atoms with Crippen LogP contribution in [0, 0.1) is 6.92 Å². The first-order valence-corrected chi connectivity index (χ1v) is 5.93. The minimum atomic E-state index is -0.375. The molecule has 2 rings (SSSR count). The normalized spacial score (nSPS) is 10.3. The number of benzene rings is 1. The van der Waals surface area contributed by atoms with E-state index >= 15 is 0 Å². The molecule has 5 nitrogen and oxygen atoms in total. The summed E-state index contributed by atoms with van der Waals surface area (Å²) < 4.78 is 11.6. The number of methoxy groups -OCH3 is 2. The summed E-state index contributed by atoms with van der Waals surface area (Å²) in [6.07, 6.45) is 0. The van der Waals surface area contributed by atoms with E-state index in [1.807, 2.05) is 0 Å². The number of rotatable bonds is 3. The molecule has 1 aromatic heterocycles. The predicted octanol–water partition coefficient (Wildman–Crippen LogP) is 2.21. The third-order valence-electron chi connectivity index (χ3n) is 2.60. The molecule has 1 aromatic carbocycles. The van der Waals surface area contributed by atoms with Crippen molar-refractivity contribution in [1.29, 1.82) is 0 Å². The Morgan fingerprint density at radius 1 is 1.16 bits per heavy atom.